The molecule has 1 aromatic heterocycles. The summed E-state index contributed by atoms with van der Waals surface area (Å²) in [6, 6.07) is 14.9. The zero-order valence-corrected chi connectivity index (χ0v) is 17.1. The minimum atomic E-state index is -4.57. The highest BCUT2D eigenvalue weighted by molar-refractivity contribution is 7.99. The molecular weight excluding hydrogens is 429 g/mol. The van der Waals surface area contributed by atoms with Crippen LogP contribution in [0.1, 0.15) is 21.5 Å². The number of amides is 2. The topological polar surface area (TPSA) is 84.0 Å². The molecule has 0 aliphatic heterocycles. The number of carbonyl (C=O) groups is 2. The molecule has 0 aliphatic carbocycles. The van der Waals surface area contributed by atoms with Gasteiger partial charge in [0.05, 0.1) is 17.0 Å². The number of hydrogen-bond donors (Lipinski definition) is 2. The molecule has 0 saturated carbocycles. The Balaban J connectivity index is 1.54. The van der Waals surface area contributed by atoms with E-state index in [0.717, 1.165) is 23.4 Å². The van der Waals surface area contributed by atoms with Crippen molar-refractivity contribution in [1.29, 1.82) is 0 Å². The molecule has 0 spiro atoms. The molecule has 1 heterocycles. The molecule has 0 saturated heterocycles. The van der Waals surface area contributed by atoms with Crippen molar-refractivity contribution in [1.82, 2.24) is 10.2 Å². The number of halogens is 3. The summed E-state index contributed by atoms with van der Waals surface area (Å²) in [5.41, 5.74) is 0.285. The third-order valence-electron chi connectivity index (χ3n) is 4.05. The van der Waals surface area contributed by atoms with Crippen molar-refractivity contribution in [2.45, 2.75) is 18.1 Å². The number of para-hydroxylation sites is 1. The summed E-state index contributed by atoms with van der Waals surface area (Å²) >= 11 is 1.01. The summed E-state index contributed by atoms with van der Waals surface area (Å²) in [6.07, 6.45) is -4.57. The van der Waals surface area contributed by atoms with Gasteiger partial charge in [-0.1, -0.05) is 41.6 Å². The van der Waals surface area contributed by atoms with Crippen LogP contribution in [0.25, 0.3) is 0 Å². The summed E-state index contributed by atoms with van der Waals surface area (Å²) in [4.78, 5) is 24.2. The monoisotopic (exact) mass is 446 g/mol. The van der Waals surface area contributed by atoms with Gasteiger partial charge in [-0.2, -0.15) is 13.2 Å². The first-order valence-corrected chi connectivity index (χ1v) is 10.0. The first kappa shape index (κ1) is 22.3. The molecule has 2 amide bonds. The van der Waals surface area contributed by atoms with Crippen LogP contribution >= 0.6 is 11.8 Å². The van der Waals surface area contributed by atoms with Crippen LogP contribution < -0.4 is 10.6 Å². The van der Waals surface area contributed by atoms with Crippen LogP contribution in [0.3, 0.4) is 0 Å². The van der Waals surface area contributed by atoms with Crippen LogP contribution in [0, 0.1) is 6.92 Å². The second kappa shape index (κ2) is 9.61. The Kier molecular flexibility index (Phi) is 6.91. The molecule has 0 unspecified atom stereocenters. The van der Waals surface area contributed by atoms with E-state index >= 15 is 0 Å². The van der Waals surface area contributed by atoms with E-state index in [9.17, 15) is 22.8 Å². The third-order valence-corrected chi connectivity index (χ3v) is 4.97. The third kappa shape index (κ3) is 6.29. The van der Waals surface area contributed by atoms with Crippen LogP contribution in [-0.2, 0) is 11.0 Å². The lowest BCUT2D eigenvalue weighted by Crippen LogP contribution is -2.18. The molecule has 3 rings (SSSR count). The molecule has 2 N–H and O–H groups in total. The Bertz CT molecular complexity index is 1070. The summed E-state index contributed by atoms with van der Waals surface area (Å²) in [5.74, 6) is -0.869. The molecule has 31 heavy (non-hydrogen) atoms. The van der Waals surface area contributed by atoms with Gasteiger partial charge in [-0.05, 0) is 43.3 Å². The van der Waals surface area contributed by atoms with Gasteiger partial charge in [0.25, 0.3) is 5.91 Å². The maximum Gasteiger partial charge on any atom is 0.418 e. The van der Waals surface area contributed by atoms with Crippen molar-refractivity contribution < 1.29 is 22.8 Å². The van der Waals surface area contributed by atoms with E-state index < -0.39 is 17.6 Å². The predicted octanol–water partition coefficient (Wildman–Crippen LogP) is 4.79. The van der Waals surface area contributed by atoms with Gasteiger partial charge in [-0.3, -0.25) is 9.59 Å². The van der Waals surface area contributed by atoms with Crippen LogP contribution in [0.15, 0.2) is 65.7 Å². The normalized spacial score (nSPS) is 11.1. The van der Waals surface area contributed by atoms with Crippen molar-refractivity contribution in [3.8, 4) is 0 Å². The van der Waals surface area contributed by atoms with Crippen molar-refractivity contribution >= 4 is 35.1 Å². The van der Waals surface area contributed by atoms with E-state index in [2.05, 4.69) is 20.8 Å². The predicted molar refractivity (Wildman–Crippen MR) is 112 cm³/mol. The number of rotatable bonds is 6. The second-order valence-electron chi connectivity index (χ2n) is 6.46. The number of nitrogens with one attached hydrogen (secondary N) is 2. The number of thioether (sulfide) groups is 1. The van der Waals surface area contributed by atoms with Gasteiger partial charge >= 0.3 is 6.18 Å². The Morgan fingerprint density at radius 2 is 1.65 bits per heavy atom. The van der Waals surface area contributed by atoms with Gasteiger partial charge in [0.1, 0.15) is 5.03 Å². The number of aryl methyl sites for hydroxylation is 1. The molecule has 2 aromatic carbocycles. The van der Waals surface area contributed by atoms with E-state index in [4.69, 9.17) is 0 Å². The van der Waals surface area contributed by atoms with Gasteiger partial charge in [0.2, 0.25) is 5.91 Å². The largest absolute Gasteiger partial charge is 0.418 e. The Morgan fingerprint density at radius 3 is 2.29 bits per heavy atom. The fourth-order valence-corrected chi connectivity index (χ4v) is 3.14. The smallest absolute Gasteiger partial charge is 0.325 e. The highest BCUT2D eigenvalue weighted by Gasteiger charge is 2.33. The van der Waals surface area contributed by atoms with E-state index in [0.29, 0.717) is 10.6 Å². The zero-order valence-electron chi connectivity index (χ0n) is 16.2. The Morgan fingerprint density at radius 1 is 0.935 bits per heavy atom. The van der Waals surface area contributed by atoms with Crippen LogP contribution in [0.4, 0.5) is 24.7 Å². The number of nitrogens with zero attached hydrogens (tertiary/aromatic N) is 2. The lowest BCUT2D eigenvalue weighted by atomic mass is 10.1. The highest BCUT2D eigenvalue weighted by Crippen LogP contribution is 2.34. The van der Waals surface area contributed by atoms with Gasteiger partial charge in [0.15, 0.2) is 5.82 Å². The van der Waals surface area contributed by atoms with Gasteiger partial charge in [-0.25, -0.2) is 0 Å². The molecular formula is C21H17F3N4O2S. The molecule has 0 aliphatic rings. The molecule has 6 nitrogen and oxygen atoms in total. The van der Waals surface area contributed by atoms with E-state index in [1.54, 1.807) is 18.2 Å². The number of hydrogen-bond acceptors (Lipinski definition) is 5. The molecule has 10 heteroatoms. The maximum atomic E-state index is 13.0. The molecule has 0 fully saturated rings. The fraction of sp³-hybridized carbons (Fsp3) is 0.143. The molecule has 3 aromatic rings. The molecule has 0 atom stereocenters. The minimum Gasteiger partial charge on any atom is -0.325 e. The molecule has 160 valence electrons. The Hall–Kier alpha value is -3.40. The summed E-state index contributed by atoms with van der Waals surface area (Å²) in [5, 5.41) is 13.1. The number of aromatic nitrogens is 2. The van der Waals surface area contributed by atoms with Crippen LogP contribution in [0.2, 0.25) is 0 Å². The average Bonchev–Trinajstić information content (AvgIpc) is 2.73. The van der Waals surface area contributed by atoms with E-state index in [-0.39, 0.29) is 23.2 Å². The van der Waals surface area contributed by atoms with E-state index in [1.165, 1.54) is 24.3 Å². The summed E-state index contributed by atoms with van der Waals surface area (Å²) in [7, 11) is 0. The second-order valence-corrected chi connectivity index (χ2v) is 7.45. The number of carbonyl (C=O) groups excluding carboxylic acids is 2. The zero-order chi connectivity index (χ0) is 22.4. The van der Waals surface area contributed by atoms with E-state index in [1.807, 2.05) is 19.1 Å². The number of anilines is 2. The summed E-state index contributed by atoms with van der Waals surface area (Å²) < 4.78 is 39.0. The average molecular weight is 446 g/mol. The SMILES string of the molecule is Cc1ccc(C(=O)Nc2ccc(SCC(=O)Nc3ccccc3C(F)(F)F)nn2)cc1. The van der Waals surface area contributed by atoms with Gasteiger partial charge < -0.3 is 10.6 Å². The quantitative estimate of drug-likeness (QED) is 0.532. The summed E-state index contributed by atoms with van der Waals surface area (Å²) in [6.45, 7) is 1.92. The lowest BCUT2D eigenvalue weighted by Gasteiger charge is -2.13. The van der Waals surface area contributed by atoms with Crippen molar-refractivity contribution in [3.63, 3.8) is 0 Å². The molecule has 0 bridgehead atoms. The fourth-order valence-electron chi connectivity index (χ4n) is 2.52. The minimum absolute atomic E-state index is 0.157. The number of benzene rings is 2. The lowest BCUT2D eigenvalue weighted by molar-refractivity contribution is -0.137. The van der Waals surface area contributed by atoms with Crippen molar-refractivity contribution in [2.75, 3.05) is 16.4 Å². The Labute approximate surface area is 180 Å². The van der Waals surface area contributed by atoms with Gasteiger partial charge in [-0.15, -0.1) is 10.2 Å². The van der Waals surface area contributed by atoms with Gasteiger partial charge in [0, 0.05) is 5.56 Å². The maximum absolute atomic E-state index is 13.0. The van der Waals surface area contributed by atoms with Crippen molar-refractivity contribution in [3.05, 3.63) is 77.4 Å². The first-order chi connectivity index (χ1) is 14.7. The highest BCUT2D eigenvalue weighted by atomic mass is 32.2. The van der Waals surface area contributed by atoms with Crippen LogP contribution in [-0.4, -0.2) is 27.8 Å². The van der Waals surface area contributed by atoms with Crippen LogP contribution in [0.5, 0.6) is 0 Å². The standard InChI is InChI=1S/C21H17F3N4O2S/c1-13-6-8-14(9-7-13)20(30)26-17-10-11-19(28-27-17)31-12-18(29)25-16-5-3-2-4-15(16)21(22,23)24/h2-11H,12H2,1H3,(H,25,29)(H,26,27,30). The molecule has 0 radical (unpaired) electrons. The number of alkyl halides is 3. The van der Waals surface area contributed by atoms with Crippen molar-refractivity contribution in [2.24, 2.45) is 0 Å². The first-order valence-electron chi connectivity index (χ1n) is 9.03.